The molecule has 0 saturated heterocycles. The van der Waals surface area contributed by atoms with Crippen molar-refractivity contribution in [2.45, 2.75) is 31.1 Å². The molecule has 2 aromatic heterocycles. The zero-order chi connectivity index (χ0) is 15.5. The van der Waals surface area contributed by atoms with Crippen LogP contribution in [0.25, 0.3) is 0 Å². The van der Waals surface area contributed by atoms with Crippen molar-refractivity contribution in [1.82, 2.24) is 9.29 Å². The van der Waals surface area contributed by atoms with E-state index in [1.807, 2.05) is 26.0 Å². The molecule has 0 aliphatic heterocycles. The molecule has 2 N–H and O–H groups in total. The van der Waals surface area contributed by atoms with Gasteiger partial charge in [-0.3, -0.25) is 4.98 Å². The molecule has 0 aliphatic rings. The molecule has 0 aromatic carbocycles. The van der Waals surface area contributed by atoms with Crippen molar-refractivity contribution in [2.24, 2.45) is 5.73 Å². The van der Waals surface area contributed by atoms with Gasteiger partial charge in [0.1, 0.15) is 4.21 Å². The van der Waals surface area contributed by atoms with Gasteiger partial charge in [-0.2, -0.15) is 4.31 Å². The molecule has 0 aliphatic carbocycles. The molecule has 7 heteroatoms. The Morgan fingerprint density at radius 3 is 2.52 bits per heavy atom. The third-order valence-corrected chi connectivity index (χ3v) is 6.87. The molecule has 2 rings (SSSR count). The molecule has 2 aromatic rings. The molecule has 0 spiro atoms. The minimum absolute atomic E-state index is 0.344. The summed E-state index contributed by atoms with van der Waals surface area (Å²) < 4.78 is 27.3. The van der Waals surface area contributed by atoms with Crippen molar-refractivity contribution in [1.29, 1.82) is 0 Å². The van der Waals surface area contributed by atoms with Gasteiger partial charge in [0, 0.05) is 36.9 Å². The van der Waals surface area contributed by atoms with Crippen molar-refractivity contribution in [3.05, 3.63) is 46.6 Å². The molecule has 0 atom stereocenters. The Kier molecular flexibility index (Phi) is 5.10. The Morgan fingerprint density at radius 1 is 1.33 bits per heavy atom. The minimum Gasteiger partial charge on any atom is -0.326 e. The van der Waals surface area contributed by atoms with E-state index in [-0.39, 0.29) is 0 Å². The summed E-state index contributed by atoms with van der Waals surface area (Å²) in [7, 11) is -3.49. The van der Waals surface area contributed by atoms with Gasteiger partial charge in [-0.1, -0.05) is 6.92 Å². The third-order valence-electron chi connectivity index (χ3n) is 3.24. The van der Waals surface area contributed by atoms with E-state index in [2.05, 4.69) is 4.98 Å². The molecule has 2 heterocycles. The van der Waals surface area contributed by atoms with Gasteiger partial charge < -0.3 is 5.73 Å². The Labute approximate surface area is 129 Å². The lowest BCUT2D eigenvalue weighted by Crippen LogP contribution is -2.29. The van der Waals surface area contributed by atoms with Gasteiger partial charge in [0.2, 0.25) is 0 Å². The van der Waals surface area contributed by atoms with Crippen molar-refractivity contribution in [3.63, 3.8) is 0 Å². The number of hydrogen-bond acceptors (Lipinski definition) is 5. The average molecular weight is 325 g/mol. The van der Waals surface area contributed by atoms with E-state index < -0.39 is 10.0 Å². The fraction of sp³-hybridized carbons (Fsp3) is 0.357. The van der Waals surface area contributed by atoms with Crippen LogP contribution >= 0.6 is 11.3 Å². The van der Waals surface area contributed by atoms with E-state index in [4.69, 9.17) is 5.73 Å². The number of nitrogens with two attached hydrogens (primary N) is 1. The summed E-state index contributed by atoms with van der Waals surface area (Å²) in [6.45, 7) is 4.85. The Hall–Kier alpha value is -1.28. The lowest BCUT2D eigenvalue weighted by molar-refractivity contribution is 0.424. The molecule has 0 saturated carbocycles. The fourth-order valence-corrected chi connectivity index (χ4v) is 5.06. The Morgan fingerprint density at radius 2 is 2.00 bits per heavy atom. The zero-order valence-corrected chi connectivity index (χ0v) is 13.7. The van der Waals surface area contributed by atoms with Crippen LogP contribution in [0.4, 0.5) is 0 Å². The summed E-state index contributed by atoms with van der Waals surface area (Å²) in [6.07, 6.45) is 3.33. The average Bonchev–Trinajstić information content (AvgIpc) is 2.87. The molecule has 5 nitrogen and oxygen atoms in total. The number of pyridine rings is 1. The maximum atomic E-state index is 12.7. The molecule has 114 valence electrons. The highest BCUT2D eigenvalue weighted by molar-refractivity contribution is 7.91. The van der Waals surface area contributed by atoms with Gasteiger partial charge >= 0.3 is 0 Å². The van der Waals surface area contributed by atoms with Gasteiger partial charge in [-0.05, 0) is 36.2 Å². The number of rotatable bonds is 6. The predicted octanol–water partition coefficient (Wildman–Crippen LogP) is 2.12. The lowest BCUT2D eigenvalue weighted by atomic mass is 10.3. The largest absolute Gasteiger partial charge is 0.326 e. The first-order chi connectivity index (χ1) is 9.98. The second kappa shape index (κ2) is 6.65. The second-order valence-electron chi connectivity index (χ2n) is 4.66. The first-order valence-corrected chi connectivity index (χ1v) is 8.93. The van der Waals surface area contributed by atoms with Gasteiger partial charge in [0.15, 0.2) is 0 Å². The highest BCUT2D eigenvalue weighted by Crippen LogP contribution is 2.28. The molecular weight excluding hydrogens is 306 g/mol. The van der Waals surface area contributed by atoms with E-state index in [1.165, 1.54) is 15.6 Å². The van der Waals surface area contributed by atoms with Gasteiger partial charge in [-0.25, -0.2) is 8.42 Å². The van der Waals surface area contributed by atoms with Crippen LogP contribution < -0.4 is 5.73 Å². The maximum Gasteiger partial charge on any atom is 0.252 e. The molecule has 0 amide bonds. The van der Waals surface area contributed by atoms with Crippen LogP contribution in [0.15, 0.2) is 34.8 Å². The van der Waals surface area contributed by atoms with Crippen LogP contribution in [0.3, 0.4) is 0 Å². The van der Waals surface area contributed by atoms with Gasteiger partial charge in [-0.15, -0.1) is 11.3 Å². The van der Waals surface area contributed by atoms with Crippen molar-refractivity contribution in [3.8, 4) is 0 Å². The van der Waals surface area contributed by atoms with E-state index >= 15 is 0 Å². The van der Waals surface area contributed by atoms with Crippen LogP contribution in [0, 0.1) is 6.92 Å². The topological polar surface area (TPSA) is 76.3 Å². The number of hydrogen-bond donors (Lipinski definition) is 1. The number of sulfonamides is 1. The van der Waals surface area contributed by atoms with Crippen LogP contribution in [-0.4, -0.2) is 24.3 Å². The summed E-state index contributed by atoms with van der Waals surface area (Å²) in [6, 6.07) is 5.35. The van der Waals surface area contributed by atoms with Crippen LogP contribution in [0.2, 0.25) is 0 Å². The second-order valence-corrected chi connectivity index (χ2v) is 7.96. The molecule has 21 heavy (non-hydrogen) atoms. The van der Waals surface area contributed by atoms with E-state index in [0.29, 0.717) is 23.8 Å². The smallest absolute Gasteiger partial charge is 0.252 e. The first kappa shape index (κ1) is 16.1. The van der Waals surface area contributed by atoms with Crippen LogP contribution in [0.1, 0.15) is 22.9 Å². The number of aryl methyl sites for hydroxylation is 1. The summed E-state index contributed by atoms with van der Waals surface area (Å²) in [5.74, 6) is 0. The number of thiophene rings is 1. The fourth-order valence-electron chi connectivity index (χ4n) is 2.00. The highest BCUT2D eigenvalue weighted by atomic mass is 32.2. The Balaban J connectivity index is 2.31. The summed E-state index contributed by atoms with van der Waals surface area (Å²) in [5.41, 5.74) is 7.49. The summed E-state index contributed by atoms with van der Waals surface area (Å²) in [4.78, 5) is 4.86. The van der Waals surface area contributed by atoms with E-state index in [0.717, 1.165) is 16.0 Å². The third kappa shape index (κ3) is 3.49. The molecule has 0 unspecified atom stereocenters. The normalized spacial score (nSPS) is 12.0. The zero-order valence-electron chi connectivity index (χ0n) is 12.1. The standard InChI is InChI=1S/C14H19N3O2S2/c1-3-17(10-12-4-6-16-7-5-12)21(18,19)14-8-11(2)13(9-15)20-14/h4-8H,3,9-10,15H2,1-2H3. The number of nitrogens with zero attached hydrogens (tertiary/aromatic N) is 2. The SMILES string of the molecule is CCN(Cc1ccncc1)S(=O)(=O)c1cc(C)c(CN)s1. The summed E-state index contributed by atoms with van der Waals surface area (Å²) in [5, 5.41) is 0. The predicted molar refractivity (Wildman–Crippen MR) is 84.5 cm³/mol. The van der Waals surface area contributed by atoms with E-state index in [9.17, 15) is 8.42 Å². The van der Waals surface area contributed by atoms with Crippen LogP contribution in [0.5, 0.6) is 0 Å². The van der Waals surface area contributed by atoms with Crippen molar-refractivity contribution in [2.75, 3.05) is 6.54 Å². The van der Waals surface area contributed by atoms with Gasteiger partial charge in [0.05, 0.1) is 0 Å². The quantitative estimate of drug-likeness (QED) is 0.882. The summed E-state index contributed by atoms with van der Waals surface area (Å²) >= 11 is 1.25. The number of aromatic nitrogens is 1. The van der Waals surface area contributed by atoms with Gasteiger partial charge in [0.25, 0.3) is 10.0 Å². The maximum absolute atomic E-state index is 12.7. The molecule has 0 bridgehead atoms. The van der Waals surface area contributed by atoms with Crippen molar-refractivity contribution >= 4 is 21.4 Å². The molecule has 0 radical (unpaired) electrons. The monoisotopic (exact) mass is 325 g/mol. The minimum atomic E-state index is -3.49. The van der Waals surface area contributed by atoms with Crippen molar-refractivity contribution < 1.29 is 8.42 Å². The lowest BCUT2D eigenvalue weighted by Gasteiger charge is -2.19. The molecule has 0 fully saturated rings. The molecular formula is C14H19N3O2S2. The first-order valence-electron chi connectivity index (χ1n) is 6.67. The highest BCUT2D eigenvalue weighted by Gasteiger charge is 2.25. The van der Waals surface area contributed by atoms with E-state index in [1.54, 1.807) is 18.5 Å². The Bertz CT molecular complexity index is 696. The van der Waals surface area contributed by atoms with Crippen LogP contribution in [-0.2, 0) is 23.1 Å².